The molecule has 0 atom stereocenters. The molecule has 2 aromatic rings. The van der Waals surface area contributed by atoms with Crippen LogP contribution in [0.25, 0.3) is 0 Å². The van der Waals surface area contributed by atoms with Gasteiger partial charge in [0.15, 0.2) is 0 Å². The Balaban J connectivity index is 2.55. The highest BCUT2D eigenvalue weighted by Crippen LogP contribution is 2.36. The molecule has 26 heavy (non-hydrogen) atoms. The van der Waals surface area contributed by atoms with Crippen LogP contribution in [0, 0.1) is 0 Å². The Bertz CT molecular complexity index is 762. The van der Waals surface area contributed by atoms with Crippen LogP contribution in [0.15, 0.2) is 91.2 Å². The normalized spacial score (nSPS) is 12.6. The summed E-state index contributed by atoms with van der Waals surface area (Å²) in [7, 11) is 0. The molecule has 1 heteroatoms. The lowest BCUT2D eigenvalue weighted by Crippen LogP contribution is -2.40. The molecule has 0 aliphatic carbocycles. The first-order valence-corrected chi connectivity index (χ1v) is 9.33. The Morgan fingerprint density at radius 1 is 1.00 bits per heavy atom. The van der Waals surface area contributed by atoms with Gasteiger partial charge in [-0.1, -0.05) is 81.1 Å². The highest BCUT2D eigenvalue weighted by atomic mass is 15.2. The van der Waals surface area contributed by atoms with E-state index >= 15 is 0 Å². The monoisotopic (exact) mass is 345 g/mol. The van der Waals surface area contributed by atoms with Crippen LogP contribution < -0.4 is 4.90 Å². The Hall–Kier alpha value is -2.54. The van der Waals surface area contributed by atoms with E-state index in [2.05, 4.69) is 113 Å². The molecule has 0 unspecified atom stereocenters. The molecule has 0 aliphatic rings. The lowest BCUT2D eigenvalue weighted by Gasteiger charge is -2.42. The topological polar surface area (TPSA) is 3.24 Å². The minimum Gasteiger partial charge on any atom is -0.332 e. The standard InChI is InChI=1S/C25H31N/c1-7-9-13-23(8-2)26(24-14-11-10-12-15-24)25(5,6)22-18-16-21(17-19-22)20(3)4/h7-20H,1H2,2-6H3/b13-9-,23-8+. The van der Waals surface area contributed by atoms with E-state index in [0.29, 0.717) is 5.92 Å². The fourth-order valence-electron chi connectivity index (χ4n) is 3.24. The molecule has 0 saturated carbocycles. The molecular weight excluding hydrogens is 314 g/mol. The summed E-state index contributed by atoms with van der Waals surface area (Å²) < 4.78 is 0. The summed E-state index contributed by atoms with van der Waals surface area (Å²) in [6, 6.07) is 19.6. The molecule has 0 N–H and O–H groups in total. The maximum Gasteiger partial charge on any atom is 0.0646 e. The number of para-hydroxylation sites is 1. The van der Waals surface area contributed by atoms with Gasteiger partial charge in [0.25, 0.3) is 0 Å². The number of rotatable bonds is 7. The van der Waals surface area contributed by atoms with Gasteiger partial charge in [0, 0.05) is 11.4 Å². The molecule has 2 rings (SSSR count). The molecule has 0 spiro atoms. The highest BCUT2D eigenvalue weighted by molar-refractivity contribution is 5.59. The summed E-state index contributed by atoms with van der Waals surface area (Å²) in [6.45, 7) is 14.9. The average molecular weight is 346 g/mol. The van der Waals surface area contributed by atoms with Crippen LogP contribution in [-0.4, -0.2) is 0 Å². The fourth-order valence-corrected chi connectivity index (χ4v) is 3.24. The van der Waals surface area contributed by atoms with E-state index < -0.39 is 0 Å². The van der Waals surface area contributed by atoms with Gasteiger partial charge in [0.1, 0.15) is 0 Å². The molecule has 0 amide bonds. The minimum atomic E-state index is -0.204. The maximum absolute atomic E-state index is 3.81. The molecule has 0 fully saturated rings. The van der Waals surface area contributed by atoms with Crippen LogP contribution in [0.1, 0.15) is 51.7 Å². The number of hydrogen-bond acceptors (Lipinski definition) is 1. The second kappa shape index (κ2) is 8.71. The molecule has 0 saturated heterocycles. The van der Waals surface area contributed by atoms with E-state index in [-0.39, 0.29) is 5.54 Å². The zero-order chi connectivity index (χ0) is 19.2. The number of allylic oxidation sites excluding steroid dienone is 4. The SMILES string of the molecule is C=C/C=C\C(=C/C)N(c1ccccc1)C(C)(C)c1ccc(C(C)C)cc1. The molecule has 136 valence electrons. The molecule has 0 aliphatic heterocycles. The van der Waals surface area contributed by atoms with Crippen molar-refractivity contribution in [3.05, 3.63) is 102 Å². The van der Waals surface area contributed by atoms with Gasteiger partial charge in [-0.05, 0) is 56.0 Å². The predicted octanol–water partition coefficient (Wildman–Crippen LogP) is 7.20. The van der Waals surface area contributed by atoms with Crippen molar-refractivity contribution in [3.63, 3.8) is 0 Å². The zero-order valence-corrected chi connectivity index (χ0v) is 16.7. The van der Waals surface area contributed by atoms with E-state index in [1.807, 2.05) is 12.2 Å². The lowest BCUT2D eigenvalue weighted by molar-refractivity contribution is 0.521. The van der Waals surface area contributed by atoms with Crippen molar-refractivity contribution in [1.29, 1.82) is 0 Å². The van der Waals surface area contributed by atoms with Crippen molar-refractivity contribution in [3.8, 4) is 0 Å². The van der Waals surface area contributed by atoms with E-state index in [9.17, 15) is 0 Å². The quantitative estimate of drug-likeness (QED) is 0.480. The Morgan fingerprint density at radius 3 is 2.12 bits per heavy atom. The molecule has 0 radical (unpaired) electrons. The second-order valence-electron chi connectivity index (χ2n) is 7.32. The maximum atomic E-state index is 3.81. The third kappa shape index (κ3) is 4.35. The summed E-state index contributed by atoms with van der Waals surface area (Å²) >= 11 is 0. The second-order valence-corrected chi connectivity index (χ2v) is 7.32. The summed E-state index contributed by atoms with van der Waals surface area (Å²) in [5.74, 6) is 0.541. The minimum absolute atomic E-state index is 0.204. The smallest absolute Gasteiger partial charge is 0.0646 e. The molecule has 0 heterocycles. The van der Waals surface area contributed by atoms with Crippen LogP contribution in [0.4, 0.5) is 5.69 Å². The fraction of sp³-hybridized carbons (Fsp3) is 0.280. The van der Waals surface area contributed by atoms with Gasteiger partial charge < -0.3 is 4.90 Å². The van der Waals surface area contributed by atoms with Gasteiger partial charge >= 0.3 is 0 Å². The number of anilines is 1. The summed E-state index contributed by atoms with van der Waals surface area (Å²) in [4.78, 5) is 2.39. The highest BCUT2D eigenvalue weighted by Gasteiger charge is 2.30. The summed E-state index contributed by atoms with van der Waals surface area (Å²) in [5, 5.41) is 0. The van der Waals surface area contributed by atoms with Gasteiger partial charge in [-0.15, -0.1) is 0 Å². The van der Waals surface area contributed by atoms with Crippen LogP contribution in [0.5, 0.6) is 0 Å². The van der Waals surface area contributed by atoms with Crippen LogP contribution in [0.3, 0.4) is 0 Å². The van der Waals surface area contributed by atoms with Crippen LogP contribution >= 0.6 is 0 Å². The average Bonchev–Trinajstić information content (AvgIpc) is 2.65. The van der Waals surface area contributed by atoms with Gasteiger partial charge in [0.2, 0.25) is 0 Å². The lowest BCUT2D eigenvalue weighted by atomic mass is 9.88. The first-order valence-electron chi connectivity index (χ1n) is 9.33. The van der Waals surface area contributed by atoms with E-state index in [1.54, 1.807) is 0 Å². The van der Waals surface area contributed by atoms with Crippen molar-refractivity contribution in [2.45, 2.75) is 46.1 Å². The molecule has 2 aromatic carbocycles. The Labute approximate surface area is 159 Å². The Morgan fingerprint density at radius 2 is 1.62 bits per heavy atom. The third-order valence-electron chi connectivity index (χ3n) is 4.81. The van der Waals surface area contributed by atoms with E-state index in [1.165, 1.54) is 16.8 Å². The molecular formula is C25H31N. The number of nitrogens with zero attached hydrogens (tertiary/aromatic N) is 1. The largest absolute Gasteiger partial charge is 0.332 e. The van der Waals surface area contributed by atoms with Gasteiger partial charge in [-0.25, -0.2) is 0 Å². The van der Waals surface area contributed by atoms with Gasteiger partial charge in [-0.3, -0.25) is 0 Å². The van der Waals surface area contributed by atoms with E-state index in [4.69, 9.17) is 0 Å². The third-order valence-corrected chi connectivity index (χ3v) is 4.81. The molecule has 0 bridgehead atoms. The first kappa shape index (κ1) is 19.8. The van der Waals surface area contributed by atoms with Crippen molar-refractivity contribution in [2.75, 3.05) is 4.90 Å². The zero-order valence-electron chi connectivity index (χ0n) is 16.7. The van der Waals surface area contributed by atoms with Gasteiger partial charge in [0.05, 0.1) is 5.54 Å². The predicted molar refractivity (Wildman–Crippen MR) is 116 cm³/mol. The van der Waals surface area contributed by atoms with Crippen molar-refractivity contribution < 1.29 is 0 Å². The van der Waals surface area contributed by atoms with Crippen LogP contribution in [0.2, 0.25) is 0 Å². The Kier molecular flexibility index (Phi) is 6.63. The molecule has 0 aromatic heterocycles. The number of benzene rings is 2. The van der Waals surface area contributed by atoms with Crippen molar-refractivity contribution >= 4 is 5.69 Å². The molecule has 1 nitrogen and oxygen atoms in total. The summed E-state index contributed by atoms with van der Waals surface area (Å²) in [6.07, 6.45) is 8.07. The number of hydrogen-bond donors (Lipinski definition) is 0. The van der Waals surface area contributed by atoms with Crippen LogP contribution in [-0.2, 0) is 5.54 Å². The summed E-state index contributed by atoms with van der Waals surface area (Å²) in [5.41, 5.74) is 4.77. The van der Waals surface area contributed by atoms with Crippen molar-refractivity contribution in [1.82, 2.24) is 0 Å². The van der Waals surface area contributed by atoms with Crippen molar-refractivity contribution in [2.24, 2.45) is 0 Å². The van der Waals surface area contributed by atoms with E-state index in [0.717, 1.165) is 5.70 Å². The van der Waals surface area contributed by atoms with Gasteiger partial charge in [-0.2, -0.15) is 0 Å². The first-order chi connectivity index (χ1) is 12.4.